The van der Waals surface area contributed by atoms with Gasteiger partial charge in [-0.05, 0) is 38.0 Å². The van der Waals surface area contributed by atoms with E-state index in [1.165, 1.54) is 25.7 Å². The maximum atomic E-state index is 12.0. The van der Waals surface area contributed by atoms with E-state index >= 15 is 0 Å². The van der Waals surface area contributed by atoms with E-state index in [1.807, 2.05) is 13.8 Å². The predicted octanol–water partition coefficient (Wildman–Crippen LogP) is 2.06. The zero-order chi connectivity index (χ0) is 12.2. The van der Waals surface area contributed by atoms with Gasteiger partial charge in [-0.2, -0.15) is 0 Å². The van der Waals surface area contributed by atoms with Crippen molar-refractivity contribution in [2.45, 2.75) is 52.9 Å². The Kier molecular flexibility index (Phi) is 4.36. The largest absolute Gasteiger partial charge is 0.355 e. The highest BCUT2D eigenvalue weighted by Gasteiger charge is 2.37. The number of hydrogen-bond donors (Lipinski definition) is 2. The smallest absolute Gasteiger partial charge is 0.227 e. The first-order chi connectivity index (χ1) is 7.52. The van der Waals surface area contributed by atoms with Crippen molar-refractivity contribution in [2.24, 2.45) is 16.6 Å². The molecule has 1 saturated carbocycles. The van der Waals surface area contributed by atoms with E-state index in [4.69, 9.17) is 5.73 Å². The molecule has 0 aromatic heterocycles. The second-order valence-corrected chi connectivity index (χ2v) is 5.51. The molecule has 0 saturated heterocycles. The number of nitrogens with one attached hydrogen (secondary N) is 1. The van der Waals surface area contributed by atoms with Gasteiger partial charge in [-0.3, -0.25) is 4.79 Å². The summed E-state index contributed by atoms with van der Waals surface area (Å²) in [5.41, 5.74) is 5.67. The molecule has 1 aliphatic carbocycles. The van der Waals surface area contributed by atoms with E-state index in [0.717, 1.165) is 13.0 Å². The molecule has 1 fully saturated rings. The third-order valence-corrected chi connectivity index (χ3v) is 4.57. The van der Waals surface area contributed by atoms with Gasteiger partial charge in [-0.1, -0.05) is 20.3 Å². The van der Waals surface area contributed by atoms with Crippen LogP contribution >= 0.6 is 0 Å². The summed E-state index contributed by atoms with van der Waals surface area (Å²) in [6.45, 7) is 7.44. The molecule has 0 heterocycles. The molecule has 0 bridgehead atoms. The van der Waals surface area contributed by atoms with Crippen LogP contribution in [0.3, 0.4) is 0 Å². The molecule has 1 atom stereocenters. The van der Waals surface area contributed by atoms with Gasteiger partial charge < -0.3 is 11.1 Å². The molecule has 0 aromatic carbocycles. The third-order valence-electron chi connectivity index (χ3n) is 4.57. The summed E-state index contributed by atoms with van der Waals surface area (Å²) in [7, 11) is 0. The second-order valence-electron chi connectivity index (χ2n) is 5.51. The van der Waals surface area contributed by atoms with Gasteiger partial charge >= 0.3 is 0 Å². The Labute approximate surface area is 99.2 Å². The molecular formula is C13H26N2O. The summed E-state index contributed by atoms with van der Waals surface area (Å²) in [4.78, 5) is 12.0. The number of nitrogens with two attached hydrogens (primary N) is 1. The highest BCUT2D eigenvalue weighted by atomic mass is 16.2. The fraction of sp³-hybridized carbons (Fsp3) is 0.923. The average Bonchev–Trinajstić information content (AvgIpc) is 2.26. The Morgan fingerprint density at radius 1 is 1.44 bits per heavy atom. The topological polar surface area (TPSA) is 55.1 Å². The van der Waals surface area contributed by atoms with Crippen LogP contribution in [0.4, 0.5) is 0 Å². The lowest BCUT2D eigenvalue weighted by atomic mass is 9.67. The van der Waals surface area contributed by atoms with E-state index in [1.54, 1.807) is 0 Å². The number of carbonyl (C=O) groups is 1. The van der Waals surface area contributed by atoms with Crippen molar-refractivity contribution in [3.63, 3.8) is 0 Å². The lowest BCUT2D eigenvalue weighted by Gasteiger charge is -2.42. The van der Waals surface area contributed by atoms with Crippen molar-refractivity contribution < 1.29 is 4.79 Å². The minimum absolute atomic E-state index is 0.122. The highest BCUT2D eigenvalue weighted by Crippen LogP contribution is 2.43. The van der Waals surface area contributed by atoms with Crippen molar-refractivity contribution in [1.82, 2.24) is 5.32 Å². The second kappa shape index (κ2) is 5.17. The number of amides is 1. The first kappa shape index (κ1) is 13.5. The fourth-order valence-electron chi connectivity index (χ4n) is 2.21. The number of hydrogen-bond acceptors (Lipinski definition) is 2. The molecule has 1 rings (SSSR count). The maximum Gasteiger partial charge on any atom is 0.227 e. The normalized spacial score (nSPS) is 22.0. The highest BCUT2D eigenvalue weighted by molar-refractivity contribution is 5.82. The summed E-state index contributed by atoms with van der Waals surface area (Å²) in [6.07, 6.45) is 5.79. The average molecular weight is 226 g/mol. The minimum atomic E-state index is -0.390. The lowest BCUT2D eigenvalue weighted by molar-refractivity contribution is -0.130. The molecule has 1 aliphatic rings. The molecular weight excluding hydrogens is 200 g/mol. The zero-order valence-corrected chi connectivity index (χ0v) is 10.9. The van der Waals surface area contributed by atoms with Crippen molar-refractivity contribution in [1.29, 1.82) is 0 Å². The summed E-state index contributed by atoms with van der Waals surface area (Å²) in [5, 5.41) is 3.10. The van der Waals surface area contributed by atoms with E-state index < -0.39 is 5.41 Å². The number of carbonyl (C=O) groups excluding carboxylic acids is 1. The van der Waals surface area contributed by atoms with Crippen molar-refractivity contribution >= 4 is 5.91 Å². The van der Waals surface area contributed by atoms with Gasteiger partial charge in [0.25, 0.3) is 0 Å². The van der Waals surface area contributed by atoms with Crippen LogP contribution in [0.2, 0.25) is 0 Å². The van der Waals surface area contributed by atoms with Gasteiger partial charge in [0.15, 0.2) is 0 Å². The molecule has 0 radical (unpaired) electrons. The zero-order valence-electron chi connectivity index (χ0n) is 10.9. The van der Waals surface area contributed by atoms with Crippen LogP contribution in [0.15, 0.2) is 0 Å². The Morgan fingerprint density at radius 2 is 2.06 bits per heavy atom. The lowest BCUT2D eigenvalue weighted by Crippen LogP contribution is -2.48. The fourth-order valence-corrected chi connectivity index (χ4v) is 2.21. The number of rotatable bonds is 6. The summed E-state index contributed by atoms with van der Waals surface area (Å²) < 4.78 is 0. The van der Waals surface area contributed by atoms with E-state index in [9.17, 15) is 4.79 Å². The minimum Gasteiger partial charge on any atom is -0.355 e. The van der Waals surface area contributed by atoms with Gasteiger partial charge in [0, 0.05) is 13.1 Å². The Bertz CT molecular complexity index is 237. The van der Waals surface area contributed by atoms with Gasteiger partial charge in [-0.25, -0.2) is 0 Å². The van der Waals surface area contributed by atoms with Crippen LogP contribution in [-0.2, 0) is 4.79 Å². The van der Waals surface area contributed by atoms with Crippen molar-refractivity contribution in [3.05, 3.63) is 0 Å². The van der Waals surface area contributed by atoms with Gasteiger partial charge in [-0.15, -0.1) is 0 Å². The van der Waals surface area contributed by atoms with E-state index in [0.29, 0.717) is 12.0 Å². The Morgan fingerprint density at radius 3 is 2.38 bits per heavy atom. The van der Waals surface area contributed by atoms with Crippen LogP contribution in [0.1, 0.15) is 52.9 Å². The molecule has 0 spiro atoms. The summed E-state index contributed by atoms with van der Waals surface area (Å²) in [6, 6.07) is 0. The standard InChI is InChI=1S/C13H26N2O/c1-4-12(3,9-14)11(16)15-10-13(5-2)7-6-8-13/h4-10,14H2,1-3H3,(H,15,16). The van der Waals surface area contributed by atoms with Crippen LogP contribution in [-0.4, -0.2) is 19.0 Å². The SMILES string of the molecule is CCC1(CNC(=O)C(C)(CC)CN)CCC1. The molecule has 0 aliphatic heterocycles. The Balaban J connectivity index is 2.45. The third kappa shape index (κ3) is 2.57. The van der Waals surface area contributed by atoms with E-state index in [2.05, 4.69) is 12.2 Å². The van der Waals surface area contributed by atoms with Crippen LogP contribution in [0.25, 0.3) is 0 Å². The molecule has 0 aromatic rings. The quantitative estimate of drug-likeness (QED) is 0.728. The molecule has 3 heteroatoms. The van der Waals surface area contributed by atoms with E-state index in [-0.39, 0.29) is 5.91 Å². The van der Waals surface area contributed by atoms with Gasteiger partial charge in [0.1, 0.15) is 0 Å². The molecule has 3 N–H and O–H groups in total. The first-order valence-corrected chi connectivity index (χ1v) is 6.50. The maximum absolute atomic E-state index is 12.0. The van der Waals surface area contributed by atoms with Crippen molar-refractivity contribution in [2.75, 3.05) is 13.1 Å². The molecule has 16 heavy (non-hydrogen) atoms. The predicted molar refractivity (Wildman–Crippen MR) is 67.0 cm³/mol. The monoisotopic (exact) mass is 226 g/mol. The molecule has 94 valence electrons. The van der Waals surface area contributed by atoms with Crippen LogP contribution in [0, 0.1) is 10.8 Å². The summed E-state index contributed by atoms with van der Waals surface area (Å²) >= 11 is 0. The van der Waals surface area contributed by atoms with Crippen molar-refractivity contribution in [3.8, 4) is 0 Å². The van der Waals surface area contributed by atoms with Gasteiger partial charge in [0.2, 0.25) is 5.91 Å². The first-order valence-electron chi connectivity index (χ1n) is 6.50. The van der Waals surface area contributed by atoms with Gasteiger partial charge in [0.05, 0.1) is 5.41 Å². The van der Waals surface area contributed by atoms with Crippen LogP contribution < -0.4 is 11.1 Å². The Hall–Kier alpha value is -0.570. The molecule has 1 unspecified atom stereocenters. The van der Waals surface area contributed by atoms with Crippen LogP contribution in [0.5, 0.6) is 0 Å². The molecule has 1 amide bonds. The summed E-state index contributed by atoms with van der Waals surface area (Å²) in [5.74, 6) is 0.122. The molecule has 3 nitrogen and oxygen atoms in total.